The van der Waals surface area contributed by atoms with Crippen molar-refractivity contribution in [3.63, 3.8) is 0 Å². The van der Waals surface area contributed by atoms with Crippen molar-refractivity contribution < 1.29 is 28.2 Å². The number of ketones is 2. The van der Waals surface area contributed by atoms with Gasteiger partial charge in [-0.25, -0.2) is 4.39 Å². The van der Waals surface area contributed by atoms with Crippen LogP contribution in [0.1, 0.15) is 56.9 Å². The number of rotatable bonds is 7. The van der Waals surface area contributed by atoms with E-state index in [2.05, 4.69) is 10.6 Å². The topological polar surface area (TPSA) is 93.7 Å². The molecule has 37 heavy (non-hydrogen) atoms. The standard InChI is InChI=1S/C29H29FN2O5/c1-2-36-25-15-17(13-14-24(25)37-16-26(35)32-19-8-4-3-7-18(19)30)27-28-20(9-5-11-22(28)33)31-21-10-6-12-23(34)29(21)27/h3-4,7-8,13-15,27,31H,2,5-6,9-12,16H2,1H3,(H,32,35). The molecule has 1 amide bonds. The highest BCUT2D eigenvalue weighted by Crippen LogP contribution is 2.46. The number of ether oxygens (including phenoxy) is 2. The third kappa shape index (κ3) is 5.01. The molecule has 0 atom stereocenters. The molecule has 0 radical (unpaired) electrons. The second kappa shape index (κ2) is 10.6. The van der Waals surface area contributed by atoms with Gasteiger partial charge in [0.05, 0.1) is 12.3 Å². The van der Waals surface area contributed by atoms with E-state index in [1.807, 2.05) is 13.0 Å². The number of benzene rings is 2. The van der Waals surface area contributed by atoms with E-state index in [0.29, 0.717) is 42.1 Å². The molecule has 2 aliphatic carbocycles. The van der Waals surface area contributed by atoms with Gasteiger partial charge in [-0.05, 0) is 62.4 Å². The zero-order valence-electron chi connectivity index (χ0n) is 20.7. The Labute approximate surface area is 214 Å². The van der Waals surface area contributed by atoms with Crippen LogP contribution in [0.5, 0.6) is 11.5 Å². The molecule has 0 spiro atoms. The highest BCUT2D eigenvalue weighted by atomic mass is 19.1. The summed E-state index contributed by atoms with van der Waals surface area (Å²) < 4.78 is 25.4. The fraction of sp³-hybridized carbons (Fsp3) is 0.345. The molecule has 0 aromatic heterocycles. The molecule has 2 N–H and O–H groups in total. The maximum atomic E-state index is 13.9. The summed E-state index contributed by atoms with van der Waals surface area (Å²) in [6.07, 6.45) is 4.06. The fourth-order valence-corrected chi connectivity index (χ4v) is 5.30. The molecule has 5 rings (SSSR count). The molecule has 0 saturated heterocycles. The highest BCUT2D eigenvalue weighted by molar-refractivity contribution is 6.06. The number of hydrogen-bond acceptors (Lipinski definition) is 6. The highest BCUT2D eigenvalue weighted by Gasteiger charge is 2.40. The van der Waals surface area contributed by atoms with Gasteiger partial charge >= 0.3 is 0 Å². The van der Waals surface area contributed by atoms with Crippen LogP contribution in [0.4, 0.5) is 10.1 Å². The lowest BCUT2D eigenvalue weighted by atomic mass is 9.71. The van der Waals surface area contributed by atoms with Crippen molar-refractivity contribution in [2.75, 3.05) is 18.5 Å². The molecule has 1 heterocycles. The first-order chi connectivity index (χ1) is 18.0. The summed E-state index contributed by atoms with van der Waals surface area (Å²) in [5.74, 6) is -0.623. The van der Waals surface area contributed by atoms with Gasteiger partial charge in [-0.15, -0.1) is 0 Å². The Bertz CT molecular complexity index is 1290. The molecule has 0 saturated carbocycles. The van der Waals surface area contributed by atoms with Gasteiger partial charge in [0.2, 0.25) is 0 Å². The molecule has 0 fully saturated rings. The Balaban J connectivity index is 1.43. The van der Waals surface area contributed by atoms with Crippen LogP contribution in [0.2, 0.25) is 0 Å². The van der Waals surface area contributed by atoms with Crippen molar-refractivity contribution in [2.45, 2.75) is 51.4 Å². The number of nitrogens with one attached hydrogen (secondary N) is 2. The SMILES string of the molecule is CCOc1cc(C2C3=C(CCCC3=O)NC3=C2C(=O)CCC3)ccc1OCC(=O)Nc1ccccc1F. The van der Waals surface area contributed by atoms with Gasteiger partial charge in [0, 0.05) is 41.3 Å². The molecule has 2 aromatic rings. The molecule has 1 aliphatic heterocycles. The van der Waals surface area contributed by atoms with Crippen LogP contribution in [-0.4, -0.2) is 30.7 Å². The van der Waals surface area contributed by atoms with E-state index in [1.165, 1.54) is 12.1 Å². The summed E-state index contributed by atoms with van der Waals surface area (Å²) in [4.78, 5) is 38.5. The van der Waals surface area contributed by atoms with Gasteiger partial charge < -0.3 is 20.1 Å². The summed E-state index contributed by atoms with van der Waals surface area (Å²) in [5.41, 5.74) is 4.01. The number of dihydropyridines is 1. The van der Waals surface area contributed by atoms with Gasteiger partial charge in [-0.2, -0.15) is 0 Å². The van der Waals surface area contributed by atoms with Crippen molar-refractivity contribution in [2.24, 2.45) is 0 Å². The van der Waals surface area contributed by atoms with E-state index in [0.717, 1.165) is 42.6 Å². The fourth-order valence-electron chi connectivity index (χ4n) is 5.30. The van der Waals surface area contributed by atoms with Crippen molar-refractivity contribution in [1.82, 2.24) is 5.32 Å². The number of carbonyl (C=O) groups excluding carboxylic acids is 3. The van der Waals surface area contributed by atoms with Crippen LogP contribution in [0.25, 0.3) is 0 Å². The third-order valence-electron chi connectivity index (χ3n) is 6.90. The molecule has 0 bridgehead atoms. The maximum absolute atomic E-state index is 13.9. The van der Waals surface area contributed by atoms with Crippen molar-refractivity contribution >= 4 is 23.2 Å². The summed E-state index contributed by atoms with van der Waals surface area (Å²) in [7, 11) is 0. The number of anilines is 1. The summed E-state index contributed by atoms with van der Waals surface area (Å²) in [6, 6.07) is 11.2. The van der Waals surface area contributed by atoms with Gasteiger partial charge in [-0.1, -0.05) is 18.2 Å². The first-order valence-electron chi connectivity index (χ1n) is 12.7. The quantitative estimate of drug-likeness (QED) is 0.555. The predicted molar refractivity (Wildman–Crippen MR) is 136 cm³/mol. The molecule has 8 heteroatoms. The van der Waals surface area contributed by atoms with Crippen LogP contribution < -0.4 is 20.1 Å². The number of hydrogen-bond donors (Lipinski definition) is 2. The second-order valence-electron chi connectivity index (χ2n) is 9.35. The molecule has 2 aromatic carbocycles. The maximum Gasteiger partial charge on any atom is 0.262 e. The Morgan fingerprint density at radius 3 is 2.27 bits per heavy atom. The van der Waals surface area contributed by atoms with E-state index < -0.39 is 17.6 Å². The smallest absolute Gasteiger partial charge is 0.262 e. The number of allylic oxidation sites excluding steroid dienone is 4. The normalized spacial score (nSPS) is 17.7. The molecular formula is C29H29FN2O5. The zero-order chi connectivity index (χ0) is 25.9. The molecule has 7 nitrogen and oxygen atoms in total. The summed E-state index contributed by atoms with van der Waals surface area (Å²) in [5, 5.41) is 5.91. The Morgan fingerprint density at radius 1 is 0.946 bits per heavy atom. The van der Waals surface area contributed by atoms with E-state index in [4.69, 9.17) is 9.47 Å². The van der Waals surface area contributed by atoms with Crippen LogP contribution in [0, 0.1) is 5.82 Å². The van der Waals surface area contributed by atoms with E-state index in [1.54, 1.807) is 24.3 Å². The van der Waals surface area contributed by atoms with Crippen LogP contribution in [0.3, 0.4) is 0 Å². The number of halogens is 1. The summed E-state index contributed by atoms with van der Waals surface area (Å²) in [6.45, 7) is 1.85. The Hall–Kier alpha value is -3.94. The lowest BCUT2D eigenvalue weighted by Crippen LogP contribution is -2.36. The zero-order valence-corrected chi connectivity index (χ0v) is 20.7. The largest absolute Gasteiger partial charge is 0.490 e. The summed E-state index contributed by atoms with van der Waals surface area (Å²) >= 11 is 0. The second-order valence-corrected chi connectivity index (χ2v) is 9.35. The van der Waals surface area contributed by atoms with Crippen molar-refractivity contribution in [3.05, 3.63) is 76.4 Å². The minimum Gasteiger partial charge on any atom is -0.490 e. The van der Waals surface area contributed by atoms with Crippen molar-refractivity contribution in [3.8, 4) is 11.5 Å². The average Bonchev–Trinajstić information content (AvgIpc) is 2.89. The Kier molecular flexibility index (Phi) is 7.08. The van der Waals surface area contributed by atoms with Gasteiger partial charge in [0.25, 0.3) is 5.91 Å². The lowest BCUT2D eigenvalue weighted by Gasteiger charge is -2.37. The third-order valence-corrected chi connectivity index (χ3v) is 6.90. The van der Waals surface area contributed by atoms with E-state index >= 15 is 0 Å². The van der Waals surface area contributed by atoms with Crippen LogP contribution in [0.15, 0.2) is 65.0 Å². The molecular weight excluding hydrogens is 475 g/mol. The number of amides is 1. The van der Waals surface area contributed by atoms with E-state index in [9.17, 15) is 18.8 Å². The van der Waals surface area contributed by atoms with Gasteiger partial charge in [-0.3, -0.25) is 14.4 Å². The minimum atomic E-state index is -0.533. The molecule has 3 aliphatic rings. The van der Waals surface area contributed by atoms with E-state index in [-0.39, 0.29) is 23.9 Å². The molecule has 192 valence electrons. The van der Waals surface area contributed by atoms with Gasteiger partial charge in [0.15, 0.2) is 29.7 Å². The average molecular weight is 505 g/mol. The Morgan fingerprint density at radius 2 is 1.62 bits per heavy atom. The monoisotopic (exact) mass is 504 g/mol. The van der Waals surface area contributed by atoms with Gasteiger partial charge in [0.1, 0.15) is 5.82 Å². The predicted octanol–water partition coefficient (Wildman–Crippen LogP) is 4.94. The molecule has 0 unspecified atom stereocenters. The number of carbonyl (C=O) groups is 3. The van der Waals surface area contributed by atoms with Crippen LogP contribution >= 0.6 is 0 Å². The minimum absolute atomic E-state index is 0.0618. The van der Waals surface area contributed by atoms with Crippen LogP contribution in [-0.2, 0) is 14.4 Å². The number of Topliss-reactive ketones (excluding diaryl/α,β-unsaturated/α-hetero) is 2. The number of para-hydroxylation sites is 1. The van der Waals surface area contributed by atoms with Crippen molar-refractivity contribution in [1.29, 1.82) is 0 Å². The first kappa shape index (κ1) is 24.7. The first-order valence-corrected chi connectivity index (χ1v) is 12.7. The lowest BCUT2D eigenvalue weighted by molar-refractivity contribution is -0.118.